The van der Waals surface area contributed by atoms with Crippen molar-refractivity contribution in [3.63, 3.8) is 0 Å². The summed E-state index contributed by atoms with van der Waals surface area (Å²) in [5.41, 5.74) is 4.93. The van der Waals surface area contributed by atoms with Gasteiger partial charge in [-0.2, -0.15) is 0 Å². The molecule has 0 aliphatic carbocycles. The topological polar surface area (TPSA) is 71.4 Å². The number of para-hydroxylation sites is 1. The minimum atomic E-state index is -0.743. The lowest BCUT2D eigenvalue weighted by Crippen LogP contribution is -2.54. The van der Waals surface area contributed by atoms with E-state index in [-0.39, 0.29) is 5.57 Å². The molecule has 1 N–H and O–H groups in total. The molecule has 2 heterocycles. The van der Waals surface area contributed by atoms with E-state index in [1.165, 1.54) is 0 Å². The Morgan fingerprint density at radius 2 is 1.62 bits per heavy atom. The van der Waals surface area contributed by atoms with E-state index in [0.717, 1.165) is 38.1 Å². The summed E-state index contributed by atoms with van der Waals surface area (Å²) in [6.45, 7) is 4.36. The first-order chi connectivity index (χ1) is 16.4. The quantitative estimate of drug-likeness (QED) is 0.353. The fourth-order valence-corrected chi connectivity index (χ4v) is 4.29. The molecule has 0 atom stereocenters. The summed E-state index contributed by atoms with van der Waals surface area (Å²) in [6, 6.07) is 22.7. The summed E-state index contributed by atoms with van der Waals surface area (Å²) < 4.78 is 2.09. The molecule has 34 heavy (non-hydrogen) atoms. The van der Waals surface area contributed by atoms with Crippen LogP contribution in [0.4, 0.5) is 10.5 Å². The number of aryl methyl sites for hydroxylation is 2. The molecule has 6 nitrogen and oxygen atoms in total. The molecule has 0 bridgehead atoms. The minimum absolute atomic E-state index is 0.0804. The average molecular weight is 450 g/mol. The molecule has 168 valence electrons. The van der Waals surface area contributed by atoms with E-state index in [9.17, 15) is 14.4 Å². The summed E-state index contributed by atoms with van der Waals surface area (Å²) in [6.07, 6.45) is 3.51. The normalized spacial score (nSPS) is 15.3. The van der Waals surface area contributed by atoms with Gasteiger partial charge in [0.25, 0.3) is 11.8 Å². The molecule has 3 aromatic carbocycles. The van der Waals surface area contributed by atoms with Gasteiger partial charge in [0.05, 0.1) is 5.69 Å². The third kappa shape index (κ3) is 3.79. The Kier molecular flexibility index (Phi) is 5.34. The van der Waals surface area contributed by atoms with Gasteiger partial charge in [-0.15, -0.1) is 0 Å². The number of aromatic nitrogens is 1. The number of amides is 4. The lowest BCUT2D eigenvalue weighted by atomic mass is 10.0. The van der Waals surface area contributed by atoms with E-state index < -0.39 is 17.8 Å². The van der Waals surface area contributed by atoms with Gasteiger partial charge in [0.15, 0.2) is 0 Å². The van der Waals surface area contributed by atoms with Crippen molar-refractivity contribution in [3.8, 4) is 0 Å². The Morgan fingerprint density at radius 1 is 0.882 bits per heavy atom. The SMILES string of the molecule is Cc1ccc(C)c(N2C(=O)NC(=O)C(=Cc3cn(Cc4ccccc4)c4ccccc34)C2=O)c1. The van der Waals surface area contributed by atoms with Gasteiger partial charge in [-0.25, -0.2) is 9.69 Å². The number of benzene rings is 3. The van der Waals surface area contributed by atoms with Crippen LogP contribution in [0.1, 0.15) is 22.3 Å². The van der Waals surface area contributed by atoms with Crippen molar-refractivity contribution in [2.24, 2.45) is 0 Å². The van der Waals surface area contributed by atoms with Gasteiger partial charge in [-0.3, -0.25) is 14.9 Å². The van der Waals surface area contributed by atoms with Crippen molar-refractivity contribution in [3.05, 3.63) is 107 Å². The Bertz CT molecular complexity index is 1480. The number of carbonyl (C=O) groups excluding carboxylic acids is 3. The van der Waals surface area contributed by atoms with Crippen molar-refractivity contribution in [2.75, 3.05) is 4.90 Å². The maximum atomic E-state index is 13.4. The second kappa shape index (κ2) is 8.48. The van der Waals surface area contributed by atoms with Crippen molar-refractivity contribution < 1.29 is 14.4 Å². The van der Waals surface area contributed by atoms with Crippen LogP contribution in [0.15, 0.2) is 84.6 Å². The number of hydrogen-bond donors (Lipinski definition) is 1. The first kappa shape index (κ1) is 21.4. The van der Waals surface area contributed by atoms with Gasteiger partial charge in [0, 0.05) is 29.2 Å². The zero-order chi connectivity index (χ0) is 23.8. The Labute approximate surface area is 197 Å². The van der Waals surface area contributed by atoms with Gasteiger partial charge in [-0.1, -0.05) is 60.7 Å². The number of rotatable bonds is 4. The van der Waals surface area contributed by atoms with Crippen LogP contribution in [-0.4, -0.2) is 22.4 Å². The van der Waals surface area contributed by atoms with Crippen molar-refractivity contribution in [1.82, 2.24) is 9.88 Å². The van der Waals surface area contributed by atoms with Gasteiger partial charge in [0.2, 0.25) is 0 Å². The van der Waals surface area contributed by atoms with Crippen LogP contribution >= 0.6 is 0 Å². The smallest absolute Gasteiger partial charge is 0.335 e. The number of imide groups is 2. The summed E-state index contributed by atoms with van der Waals surface area (Å²) in [4.78, 5) is 39.8. The van der Waals surface area contributed by atoms with E-state index in [1.54, 1.807) is 12.1 Å². The Hall–Kier alpha value is -4.45. The summed E-state index contributed by atoms with van der Waals surface area (Å²) in [5.74, 6) is -1.33. The van der Waals surface area contributed by atoms with Crippen LogP contribution in [0.25, 0.3) is 17.0 Å². The summed E-state index contributed by atoms with van der Waals surface area (Å²) in [7, 11) is 0. The van der Waals surface area contributed by atoms with Crippen LogP contribution in [-0.2, 0) is 16.1 Å². The fraction of sp³-hybridized carbons (Fsp3) is 0.107. The zero-order valence-electron chi connectivity index (χ0n) is 18.9. The number of hydrogen-bond acceptors (Lipinski definition) is 3. The Morgan fingerprint density at radius 3 is 2.41 bits per heavy atom. The maximum Gasteiger partial charge on any atom is 0.335 e. The van der Waals surface area contributed by atoms with Crippen LogP contribution in [0.2, 0.25) is 0 Å². The number of fused-ring (bicyclic) bond motifs is 1. The molecule has 1 fully saturated rings. The van der Waals surface area contributed by atoms with Crippen molar-refractivity contribution >= 4 is 40.5 Å². The summed E-state index contributed by atoms with van der Waals surface area (Å²) in [5, 5.41) is 3.24. The molecule has 1 aliphatic rings. The second-order valence-electron chi connectivity index (χ2n) is 8.46. The van der Waals surface area contributed by atoms with Gasteiger partial charge in [0.1, 0.15) is 5.57 Å². The average Bonchev–Trinajstić information content (AvgIpc) is 3.16. The molecular formula is C28H23N3O3. The zero-order valence-corrected chi connectivity index (χ0v) is 18.9. The van der Waals surface area contributed by atoms with Crippen molar-refractivity contribution in [2.45, 2.75) is 20.4 Å². The van der Waals surface area contributed by atoms with Crippen molar-refractivity contribution in [1.29, 1.82) is 0 Å². The third-order valence-corrected chi connectivity index (χ3v) is 6.02. The lowest BCUT2D eigenvalue weighted by Gasteiger charge is -2.27. The maximum absolute atomic E-state index is 13.4. The highest BCUT2D eigenvalue weighted by Gasteiger charge is 2.37. The molecule has 1 saturated heterocycles. The number of carbonyl (C=O) groups is 3. The van der Waals surface area contributed by atoms with Crippen LogP contribution in [0.5, 0.6) is 0 Å². The highest BCUT2D eigenvalue weighted by atomic mass is 16.2. The van der Waals surface area contributed by atoms with E-state index in [1.807, 2.05) is 74.6 Å². The minimum Gasteiger partial charge on any atom is -0.342 e. The van der Waals surface area contributed by atoms with Crippen LogP contribution < -0.4 is 10.2 Å². The molecule has 5 rings (SSSR count). The first-order valence-electron chi connectivity index (χ1n) is 11.0. The highest BCUT2D eigenvalue weighted by molar-refractivity contribution is 6.39. The van der Waals surface area contributed by atoms with Gasteiger partial charge < -0.3 is 4.57 Å². The molecule has 0 spiro atoms. The number of barbiturate groups is 1. The predicted octanol–water partition coefficient (Wildman–Crippen LogP) is 4.97. The highest BCUT2D eigenvalue weighted by Crippen LogP contribution is 2.29. The number of nitrogens with one attached hydrogen (secondary N) is 1. The Balaban J connectivity index is 1.59. The molecule has 1 aromatic heterocycles. The molecule has 0 unspecified atom stereocenters. The van der Waals surface area contributed by atoms with Gasteiger partial charge in [-0.05, 0) is 48.7 Å². The number of anilines is 1. The molecule has 4 amide bonds. The third-order valence-electron chi connectivity index (χ3n) is 6.02. The molecule has 1 aliphatic heterocycles. The van der Waals surface area contributed by atoms with Crippen LogP contribution in [0.3, 0.4) is 0 Å². The monoisotopic (exact) mass is 449 g/mol. The lowest BCUT2D eigenvalue weighted by molar-refractivity contribution is -0.122. The van der Waals surface area contributed by atoms with E-state index >= 15 is 0 Å². The number of urea groups is 1. The van der Waals surface area contributed by atoms with E-state index in [4.69, 9.17) is 0 Å². The first-order valence-corrected chi connectivity index (χ1v) is 11.0. The number of nitrogens with zero attached hydrogens (tertiary/aromatic N) is 2. The van der Waals surface area contributed by atoms with E-state index in [2.05, 4.69) is 22.0 Å². The molecule has 4 aromatic rings. The largest absolute Gasteiger partial charge is 0.342 e. The summed E-state index contributed by atoms with van der Waals surface area (Å²) >= 11 is 0. The van der Waals surface area contributed by atoms with Crippen LogP contribution in [0, 0.1) is 13.8 Å². The molecular weight excluding hydrogens is 426 g/mol. The fourth-order valence-electron chi connectivity index (χ4n) is 4.29. The molecule has 6 heteroatoms. The molecule has 0 saturated carbocycles. The predicted molar refractivity (Wildman–Crippen MR) is 132 cm³/mol. The molecule has 0 radical (unpaired) electrons. The van der Waals surface area contributed by atoms with Gasteiger partial charge >= 0.3 is 6.03 Å². The van der Waals surface area contributed by atoms with E-state index in [0.29, 0.717) is 12.2 Å². The second-order valence-corrected chi connectivity index (χ2v) is 8.46. The standard InChI is InChI=1S/C28H23N3O3/c1-18-12-13-19(2)25(14-18)31-27(33)23(26(32)29-28(31)34)15-21-17-30(16-20-8-4-3-5-9-20)24-11-7-6-10-22(21)24/h3-15,17H,16H2,1-2H3,(H,29,32,34).